The lowest BCUT2D eigenvalue weighted by Gasteiger charge is -2.25. The molecule has 4 aromatic heterocycles. The highest BCUT2D eigenvalue weighted by atomic mass is 31.2. The predicted octanol–water partition coefficient (Wildman–Crippen LogP) is -1.76. The number of nitrogen functional groups attached to an aromatic ring is 2. The molecular formula is C23H25N9O13P2. The van der Waals surface area contributed by atoms with Gasteiger partial charge in [0.1, 0.15) is 48.3 Å². The van der Waals surface area contributed by atoms with Gasteiger partial charge in [-0.15, -0.1) is 6.42 Å². The SMILES string of the molecule is C#Cc1cn([C@@H]2O[C@@H]3COP(=O)(O)O[C@@H]4[C@H](O)[C@@H](OCP(=O)(O)O[C@H]3[C@H]2O)O[C@H]4n2cnc3c(=O)[nH]c(N)nc32)c2ncnc(N)c12. The van der Waals surface area contributed by atoms with Crippen molar-refractivity contribution in [1.29, 1.82) is 0 Å². The summed E-state index contributed by atoms with van der Waals surface area (Å²) in [5, 5.41) is 22.5. The zero-order chi connectivity index (χ0) is 33.4. The van der Waals surface area contributed by atoms with Crippen LogP contribution >= 0.6 is 15.4 Å². The van der Waals surface area contributed by atoms with Crippen molar-refractivity contribution in [2.75, 3.05) is 24.4 Å². The monoisotopic (exact) mass is 697 g/mol. The van der Waals surface area contributed by atoms with E-state index in [1.165, 1.54) is 10.8 Å². The molecule has 0 saturated carbocycles. The molecule has 4 aromatic rings. The van der Waals surface area contributed by atoms with E-state index < -0.39 is 83.2 Å². The highest BCUT2D eigenvalue weighted by Crippen LogP contribution is 2.53. The number of hydrogen-bond donors (Lipinski definition) is 7. The number of terminal acetylenes is 1. The van der Waals surface area contributed by atoms with Crippen molar-refractivity contribution in [2.24, 2.45) is 0 Å². The number of nitrogens with zero attached hydrogens (tertiary/aromatic N) is 6. The van der Waals surface area contributed by atoms with Crippen LogP contribution in [0.2, 0.25) is 0 Å². The number of ether oxygens (including phenoxy) is 3. The van der Waals surface area contributed by atoms with E-state index in [1.807, 2.05) is 0 Å². The maximum Gasteiger partial charge on any atom is 0.472 e. The average molecular weight is 697 g/mol. The summed E-state index contributed by atoms with van der Waals surface area (Å²) in [7, 11) is -9.97. The lowest BCUT2D eigenvalue weighted by atomic mass is 10.1. The fourth-order valence-corrected chi connectivity index (χ4v) is 7.56. The van der Waals surface area contributed by atoms with Crippen molar-refractivity contribution in [3.05, 3.63) is 34.8 Å². The van der Waals surface area contributed by atoms with Crippen LogP contribution in [-0.4, -0.2) is 104 Å². The Bertz CT molecular complexity index is 2080. The number of imidazole rings is 1. The second-order valence-electron chi connectivity index (χ2n) is 10.6. The third-order valence-electron chi connectivity index (χ3n) is 7.62. The standard InChI is InChI=1S/C23H25N9O13P2/c1-2-8-3-31(17-10(8)16(24)26-5-27-17)20-12(33)14-9(42-20)4-41-47(38,39)45-15-13(34)22(40-7-46(36,37)44-14)43-21(15)32-6-28-11-18(32)29-23(25)30-19(11)35/h1,3,5-6,9,12-15,20-22,33-34H,4,7H2,(H,36,37)(H,38,39)(H2,24,26,27)(H3,25,29,30,35)/t9-,12-,13+,14-,15-,20-,21-,22+/m1/s1. The Morgan fingerprint density at radius 1 is 1.02 bits per heavy atom. The first kappa shape index (κ1) is 31.8. The first-order valence-corrected chi connectivity index (χ1v) is 16.8. The maximum absolute atomic E-state index is 13.2. The molecule has 2 bridgehead atoms. The Kier molecular flexibility index (Phi) is 7.72. The lowest BCUT2D eigenvalue weighted by molar-refractivity contribution is -0.168. The first-order valence-electron chi connectivity index (χ1n) is 13.5. The van der Waals surface area contributed by atoms with Crippen LogP contribution in [0.1, 0.15) is 18.0 Å². The Labute approximate surface area is 261 Å². The van der Waals surface area contributed by atoms with E-state index in [9.17, 15) is 33.9 Å². The van der Waals surface area contributed by atoms with E-state index in [0.29, 0.717) is 0 Å². The summed E-state index contributed by atoms with van der Waals surface area (Å²) in [6.07, 6.45) is -5.08. The lowest BCUT2D eigenvalue weighted by Crippen LogP contribution is -2.36. The molecule has 3 aliphatic heterocycles. The molecule has 0 spiro atoms. The van der Waals surface area contributed by atoms with E-state index in [2.05, 4.69) is 30.8 Å². The van der Waals surface area contributed by atoms with Crippen molar-refractivity contribution in [3.8, 4) is 12.3 Å². The van der Waals surface area contributed by atoms with Crippen LogP contribution < -0.4 is 17.0 Å². The van der Waals surface area contributed by atoms with E-state index in [1.54, 1.807) is 0 Å². The van der Waals surface area contributed by atoms with E-state index in [4.69, 9.17) is 45.7 Å². The third-order valence-corrected chi connectivity index (χ3v) is 9.65. The number of aromatic nitrogens is 7. The van der Waals surface area contributed by atoms with Crippen LogP contribution in [0.4, 0.5) is 11.8 Å². The molecule has 2 unspecified atom stereocenters. The Balaban J connectivity index is 1.22. The minimum absolute atomic E-state index is 0.0405. The van der Waals surface area contributed by atoms with Crippen LogP contribution in [0.25, 0.3) is 22.2 Å². The number of H-pyrrole nitrogens is 1. The molecule has 7 rings (SSSR count). The highest BCUT2D eigenvalue weighted by molar-refractivity contribution is 7.52. The summed E-state index contributed by atoms with van der Waals surface area (Å²) in [6.45, 7) is -0.843. The van der Waals surface area contributed by atoms with Gasteiger partial charge >= 0.3 is 15.4 Å². The minimum atomic E-state index is -5.16. The minimum Gasteiger partial charge on any atom is -0.386 e. The molecule has 9 N–H and O–H groups in total. The number of phosphoric acid groups is 1. The van der Waals surface area contributed by atoms with Gasteiger partial charge in [-0.3, -0.25) is 32.5 Å². The number of aliphatic hydroxyl groups is 2. The normalized spacial score (nSPS) is 36.4. The van der Waals surface area contributed by atoms with E-state index in [0.717, 1.165) is 17.2 Å². The molecule has 3 saturated heterocycles. The van der Waals surface area contributed by atoms with Crippen LogP contribution in [0, 0.1) is 12.3 Å². The molecule has 0 aromatic carbocycles. The molecule has 24 heteroatoms. The Hall–Kier alpha value is -3.81. The molecule has 7 heterocycles. The number of hydrogen-bond acceptors (Lipinski definition) is 17. The Morgan fingerprint density at radius 2 is 1.81 bits per heavy atom. The van der Waals surface area contributed by atoms with Crippen molar-refractivity contribution in [2.45, 2.75) is 49.3 Å². The number of aliphatic hydroxyl groups excluding tert-OH is 2. The average Bonchev–Trinajstić information content (AvgIpc) is 3.75. The Morgan fingerprint density at radius 3 is 2.57 bits per heavy atom. The molecule has 3 aliphatic rings. The van der Waals surface area contributed by atoms with Gasteiger partial charge in [-0.25, -0.2) is 19.5 Å². The summed E-state index contributed by atoms with van der Waals surface area (Å²) in [4.78, 5) is 52.1. The quantitative estimate of drug-likeness (QED) is 0.0901. The molecular weight excluding hydrogens is 672 g/mol. The number of nitrogens with two attached hydrogens (primary N) is 2. The van der Waals surface area contributed by atoms with Crippen LogP contribution in [-0.2, 0) is 36.9 Å². The van der Waals surface area contributed by atoms with Gasteiger partial charge in [-0.1, -0.05) is 5.92 Å². The van der Waals surface area contributed by atoms with E-state index in [-0.39, 0.29) is 39.5 Å². The van der Waals surface area contributed by atoms with Gasteiger partial charge in [-0.2, -0.15) is 4.98 Å². The number of fused-ring (bicyclic) bond motifs is 5. The van der Waals surface area contributed by atoms with E-state index >= 15 is 0 Å². The van der Waals surface area contributed by atoms with Gasteiger partial charge in [0, 0.05) is 6.20 Å². The summed E-state index contributed by atoms with van der Waals surface area (Å²) < 4.78 is 61.8. The summed E-state index contributed by atoms with van der Waals surface area (Å²) >= 11 is 0. The van der Waals surface area contributed by atoms with Gasteiger partial charge in [0.05, 0.1) is 23.9 Å². The third kappa shape index (κ3) is 5.51. The highest BCUT2D eigenvalue weighted by Gasteiger charge is 2.54. The van der Waals surface area contributed by atoms with Crippen LogP contribution in [0.3, 0.4) is 0 Å². The van der Waals surface area contributed by atoms with Gasteiger partial charge in [0.25, 0.3) is 5.56 Å². The summed E-state index contributed by atoms with van der Waals surface area (Å²) in [6, 6.07) is 0. The van der Waals surface area contributed by atoms with Crippen molar-refractivity contribution in [3.63, 3.8) is 0 Å². The molecule has 47 heavy (non-hydrogen) atoms. The molecule has 22 nitrogen and oxygen atoms in total. The summed E-state index contributed by atoms with van der Waals surface area (Å²) in [5.74, 6) is 2.18. The molecule has 250 valence electrons. The molecule has 0 aliphatic carbocycles. The molecule has 0 radical (unpaired) electrons. The molecule has 10 atom stereocenters. The second kappa shape index (κ2) is 11.4. The van der Waals surface area contributed by atoms with Crippen molar-refractivity contribution < 1.29 is 56.9 Å². The van der Waals surface area contributed by atoms with Crippen LogP contribution in [0.15, 0.2) is 23.6 Å². The predicted molar refractivity (Wildman–Crippen MR) is 154 cm³/mol. The van der Waals surface area contributed by atoms with Crippen molar-refractivity contribution >= 4 is 49.4 Å². The second-order valence-corrected chi connectivity index (χ2v) is 13.8. The smallest absolute Gasteiger partial charge is 0.386 e. The number of aromatic amines is 1. The first-order chi connectivity index (χ1) is 22.3. The van der Waals surface area contributed by atoms with Gasteiger partial charge in [-0.05, 0) is 0 Å². The topological polar surface area (TPSA) is 317 Å². The number of rotatable bonds is 2. The van der Waals surface area contributed by atoms with Gasteiger partial charge < -0.3 is 50.2 Å². The van der Waals surface area contributed by atoms with Gasteiger partial charge in [0.15, 0.2) is 36.3 Å². The maximum atomic E-state index is 13.2. The van der Waals surface area contributed by atoms with Crippen LogP contribution in [0.5, 0.6) is 0 Å². The number of nitrogens with one attached hydrogen (secondary N) is 1. The largest absolute Gasteiger partial charge is 0.472 e. The zero-order valence-electron chi connectivity index (χ0n) is 23.5. The number of phosphoric ester groups is 1. The fourth-order valence-electron chi connectivity index (χ4n) is 5.59. The molecule has 3 fully saturated rings. The molecule has 0 amide bonds. The van der Waals surface area contributed by atoms with Crippen molar-refractivity contribution in [1.82, 2.24) is 34.1 Å². The van der Waals surface area contributed by atoms with Gasteiger partial charge in [0.2, 0.25) is 5.95 Å². The number of anilines is 2. The zero-order valence-corrected chi connectivity index (χ0v) is 25.3. The fraction of sp³-hybridized carbons (Fsp3) is 0.435. The summed E-state index contributed by atoms with van der Waals surface area (Å²) in [5.41, 5.74) is 11.0.